The summed E-state index contributed by atoms with van der Waals surface area (Å²) in [5.74, 6) is -1.45. The number of likely N-dealkylation sites (N-methyl/N-ethyl adjacent to an activating group) is 1. The van der Waals surface area contributed by atoms with Crippen LogP contribution in [0.5, 0.6) is 0 Å². The Morgan fingerprint density at radius 1 is 1.06 bits per heavy atom. The van der Waals surface area contributed by atoms with Gasteiger partial charge >= 0.3 is 6.18 Å². The standard InChI is InChI=1S/C21H21Cl3F3N3O4S/c1-12(20(32)28-2)29(10-13-4-6-15(22)9-17(13)24)19(31)11-30(35(3,33)34)18-8-14(21(25,26)27)5-7-16(18)23/h4-9,12H,10-11H2,1-3H3,(H,28,32)/t12-/m1/s1. The summed E-state index contributed by atoms with van der Waals surface area (Å²) in [6.45, 7) is 0.270. The molecule has 1 atom stereocenters. The Kier molecular flexibility index (Phi) is 9.32. The highest BCUT2D eigenvalue weighted by Crippen LogP contribution is 2.36. The number of anilines is 1. The number of nitrogens with one attached hydrogen (secondary N) is 1. The van der Waals surface area contributed by atoms with Crippen molar-refractivity contribution in [1.29, 1.82) is 0 Å². The van der Waals surface area contributed by atoms with Crippen molar-refractivity contribution in [2.45, 2.75) is 25.7 Å². The fraction of sp³-hybridized carbons (Fsp3) is 0.333. The Morgan fingerprint density at radius 3 is 2.20 bits per heavy atom. The van der Waals surface area contributed by atoms with Crippen LogP contribution >= 0.6 is 34.8 Å². The molecular weight excluding hydrogens is 554 g/mol. The number of carbonyl (C=O) groups excluding carboxylic acids is 2. The summed E-state index contributed by atoms with van der Waals surface area (Å²) in [5.41, 5.74) is -1.28. The van der Waals surface area contributed by atoms with Crippen molar-refractivity contribution in [1.82, 2.24) is 10.2 Å². The normalized spacial score (nSPS) is 12.7. The lowest BCUT2D eigenvalue weighted by Crippen LogP contribution is -2.50. The van der Waals surface area contributed by atoms with E-state index in [9.17, 15) is 31.2 Å². The molecule has 1 N–H and O–H groups in total. The zero-order valence-electron chi connectivity index (χ0n) is 18.7. The van der Waals surface area contributed by atoms with Gasteiger partial charge in [-0.1, -0.05) is 40.9 Å². The number of benzene rings is 2. The van der Waals surface area contributed by atoms with Gasteiger partial charge in [-0.15, -0.1) is 0 Å². The van der Waals surface area contributed by atoms with E-state index >= 15 is 0 Å². The third-order valence-corrected chi connectivity index (χ3v) is 7.02. The summed E-state index contributed by atoms with van der Waals surface area (Å²) in [6, 6.07) is 5.51. The lowest BCUT2D eigenvalue weighted by molar-refractivity contribution is -0.139. The summed E-state index contributed by atoms with van der Waals surface area (Å²) in [5, 5.41) is 2.60. The van der Waals surface area contributed by atoms with E-state index in [4.69, 9.17) is 34.8 Å². The van der Waals surface area contributed by atoms with E-state index in [1.807, 2.05) is 0 Å². The van der Waals surface area contributed by atoms with Gasteiger partial charge in [-0.05, 0) is 42.8 Å². The van der Waals surface area contributed by atoms with Crippen molar-refractivity contribution in [3.63, 3.8) is 0 Å². The van der Waals surface area contributed by atoms with E-state index in [1.165, 1.54) is 32.2 Å². The van der Waals surface area contributed by atoms with Crippen LogP contribution in [0.3, 0.4) is 0 Å². The van der Waals surface area contributed by atoms with E-state index < -0.39 is 51.9 Å². The van der Waals surface area contributed by atoms with Gasteiger partial charge in [0.1, 0.15) is 12.6 Å². The minimum Gasteiger partial charge on any atom is -0.357 e. The average molecular weight is 575 g/mol. The maximum atomic E-state index is 13.3. The van der Waals surface area contributed by atoms with E-state index in [2.05, 4.69) is 5.32 Å². The summed E-state index contributed by atoms with van der Waals surface area (Å²) in [7, 11) is -2.93. The highest BCUT2D eigenvalue weighted by atomic mass is 35.5. The molecular formula is C21H21Cl3F3N3O4S. The number of amides is 2. The Balaban J connectivity index is 2.52. The second-order valence-corrected chi connectivity index (χ2v) is 10.6. The van der Waals surface area contributed by atoms with Gasteiger partial charge in [0.15, 0.2) is 0 Å². The minimum absolute atomic E-state index is 0.195. The number of hydrogen-bond donors (Lipinski definition) is 1. The van der Waals surface area contributed by atoms with Gasteiger partial charge in [-0.3, -0.25) is 13.9 Å². The molecule has 0 saturated heterocycles. The summed E-state index contributed by atoms with van der Waals surface area (Å²) in [6.07, 6.45) is -4.06. The first-order valence-electron chi connectivity index (χ1n) is 9.85. The molecule has 192 valence electrons. The van der Waals surface area contributed by atoms with Gasteiger partial charge in [0.05, 0.1) is 22.5 Å². The molecule has 0 fully saturated rings. The predicted octanol–water partition coefficient (Wildman–Crippen LogP) is 4.59. The summed E-state index contributed by atoms with van der Waals surface area (Å²) in [4.78, 5) is 26.7. The first-order valence-corrected chi connectivity index (χ1v) is 12.8. The summed E-state index contributed by atoms with van der Waals surface area (Å²) >= 11 is 18.1. The number of alkyl halides is 3. The van der Waals surface area contributed by atoms with Crippen LogP contribution in [0.15, 0.2) is 36.4 Å². The Morgan fingerprint density at radius 2 is 1.69 bits per heavy atom. The van der Waals surface area contributed by atoms with Crippen molar-refractivity contribution in [3.8, 4) is 0 Å². The van der Waals surface area contributed by atoms with Gasteiger partial charge in [-0.2, -0.15) is 13.2 Å². The second kappa shape index (κ2) is 11.2. The van der Waals surface area contributed by atoms with Gasteiger partial charge in [0.2, 0.25) is 21.8 Å². The number of carbonyl (C=O) groups is 2. The van der Waals surface area contributed by atoms with E-state index in [-0.39, 0.29) is 16.6 Å². The highest BCUT2D eigenvalue weighted by molar-refractivity contribution is 7.92. The van der Waals surface area contributed by atoms with Gasteiger partial charge in [-0.25, -0.2) is 8.42 Å². The second-order valence-electron chi connectivity index (χ2n) is 7.48. The van der Waals surface area contributed by atoms with Crippen molar-refractivity contribution < 1.29 is 31.2 Å². The maximum Gasteiger partial charge on any atom is 0.416 e. The Hall–Kier alpha value is -2.21. The lowest BCUT2D eigenvalue weighted by Gasteiger charge is -2.31. The van der Waals surface area contributed by atoms with Crippen molar-refractivity contribution in [2.75, 3.05) is 24.2 Å². The van der Waals surface area contributed by atoms with E-state index in [0.29, 0.717) is 27.0 Å². The van der Waals surface area contributed by atoms with E-state index in [0.717, 1.165) is 17.2 Å². The van der Waals surface area contributed by atoms with E-state index in [1.54, 1.807) is 0 Å². The largest absolute Gasteiger partial charge is 0.416 e. The number of hydrogen-bond acceptors (Lipinski definition) is 4. The molecule has 0 heterocycles. The number of rotatable bonds is 8. The van der Waals surface area contributed by atoms with Crippen molar-refractivity contribution in [3.05, 3.63) is 62.6 Å². The quantitative estimate of drug-likeness (QED) is 0.500. The van der Waals surface area contributed by atoms with Gasteiger partial charge in [0, 0.05) is 23.6 Å². The van der Waals surface area contributed by atoms with Crippen LogP contribution in [-0.2, 0) is 32.3 Å². The van der Waals surface area contributed by atoms with Crippen LogP contribution in [0.25, 0.3) is 0 Å². The van der Waals surface area contributed by atoms with Crippen LogP contribution in [0.2, 0.25) is 15.1 Å². The fourth-order valence-electron chi connectivity index (χ4n) is 3.10. The van der Waals surface area contributed by atoms with Crippen LogP contribution in [0.4, 0.5) is 18.9 Å². The molecule has 0 saturated carbocycles. The van der Waals surface area contributed by atoms with Crippen LogP contribution in [0.1, 0.15) is 18.1 Å². The monoisotopic (exact) mass is 573 g/mol. The Labute approximate surface area is 215 Å². The molecule has 0 aliphatic rings. The third-order valence-electron chi connectivity index (χ3n) is 4.99. The molecule has 0 bridgehead atoms. The van der Waals surface area contributed by atoms with Gasteiger partial charge in [0.25, 0.3) is 0 Å². The van der Waals surface area contributed by atoms with Gasteiger partial charge < -0.3 is 10.2 Å². The zero-order valence-corrected chi connectivity index (χ0v) is 21.7. The molecule has 2 amide bonds. The third kappa shape index (κ3) is 7.39. The SMILES string of the molecule is CNC(=O)[C@@H](C)N(Cc1ccc(Cl)cc1Cl)C(=O)CN(c1cc(C(F)(F)F)ccc1Cl)S(C)(=O)=O. The molecule has 2 rings (SSSR count). The molecule has 0 aliphatic heterocycles. The fourth-order valence-corrected chi connectivity index (χ4v) is 4.69. The molecule has 14 heteroatoms. The van der Waals surface area contributed by atoms with Crippen LogP contribution < -0.4 is 9.62 Å². The molecule has 0 radical (unpaired) electrons. The van der Waals surface area contributed by atoms with Crippen LogP contribution in [0, 0.1) is 0 Å². The Bertz CT molecular complexity index is 1230. The average Bonchev–Trinajstić information content (AvgIpc) is 2.74. The molecule has 0 spiro atoms. The minimum atomic E-state index is -4.78. The molecule has 35 heavy (non-hydrogen) atoms. The number of sulfonamides is 1. The zero-order chi connectivity index (χ0) is 26.7. The predicted molar refractivity (Wildman–Crippen MR) is 129 cm³/mol. The molecule has 7 nitrogen and oxygen atoms in total. The first-order chi connectivity index (χ1) is 16.1. The smallest absolute Gasteiger partial charge is 0.357 e. The lowest BCUT2D eigenvalue weighted by atomic mass is 10.1. The maximum absolute atomic E-state index is 13.3. The van der Waals surface area contributed by atoms with Crippen LogP contribution in [-0.4, -0.2) is 51.0 Å². The summed E-state index contributed by atoms with van der Waals surface area (Å²) < 4.78 is 65.2. The first kappa shape index (κ1) is 29.0. The topological polar surface area (TPSA) is 86.8 Å². The van der Waals surface area contributed by atoms with Crippen molar-refractivity contribution >= 4 is 62.3 Å². The highest BCUT2D eigenvalue weighted by Gasteiger charge is 2.34. The van der Waals surface area contributed by atoms with Crippen molar-refractivity contribution in [2.24, 2.45) is 0 Å². The molecule has 2 aromatic carbocycles. The molecule has 0 aromatic heterocycles. The molecule has 0 unspecified atom stereocenters. The molecule has 2 aromatic rings. The molecule has 0 aliphatic carbocycles. The number of nitrogens with zero attached hydrogens (tertiary/aromatic N) is 2. The number of halogens is 6.